The van der Waals surface area contributed by atoms with Crippen LogP contribution in [-0.2, 0) is 11.8 Å². The van der Waals surface area contributed by atoms with Crippen molar-refractivity contribution in [3.8, 4) is 0 Å². The number of carboxylic acids is 1. The van der Waals surface area contributed by atoms with Crippen LogP contribution in [0.2, 0.25) is 0 Å². The maximum absolute atomic E-state index is 10.6. The molecule has 0 atom stereocenters. The summed E-state index contributed by atoms with van der Waals surface area (Å²) in [4.78, 5) is 10.6. The number of carboxylic acid groups (broad SMARTS) is 1. The van der Waals surface area contributed by atoms with E-state index >= 15 is 0 Å². The quantitative estimate of drug-likeness (QED) is 0.257. The Morgan fingerprint density at radius 3 is 1.73 bits per heavy atom. The van der Waals surface area contributed by atoms with E-state index in [2.05, 4.69) is 77.2 Å². The molecule has 0 unspecified atom stereocenters. The van der Waals surface area contributed by atoms with E-state index in [9.17, 15) is 4.79 Å². The molecular weight excluding hydrogens is 429 g/mol. The zero-order valence-corrected chi connectivity index (χ0v) is 20.8. The van der Waals surface area contributed by atoms with Crippen LogP contribution in [-0.4, -0.2) is 32.2 Å². The number of aryl methyl sites for hydroxylation is 1. The van der Waals surface area contributed by atoms with Crippen LogP contribution in [0.3, 0.4) is 0 Å². The Balaban J connectivity index is 1.60. The van der Waals surface area contributed by atoms with E-state index < -0.39 is 13.2 Å². The van der Waals surface area contributed by atoms with Gasteiger partial charge in [0.2, 0.25) is 0 Å². The average Bonchev–Trinajstić information content (AvgIpc) is 3.27. The van der Waals surface area contributed by atoms with E-state index in [0.29, 0.717) is 6.42 Å². The van der Waals surface area contributed by atoms with Gasteiger partial charge in [-0.2, -0.15) is 0 Å². The summed E-state index contributed by atoms with van der Waals surface area (Å²) < 4.78 is 1.83. The summed E-state index contributed by atoms with van der Waals surface area (Å²) >= 11 is 0. The number of aliphatic carboxylic acids is 1. The number of rotatable bonds is 15. The molecule has 0 aliphatic heterocycles. The predicted octanol–water partition coefficient (Wildman–Crippen LogP) is 4.83. The van der Waals surface area contributed by atoms with Crippen LogP contribution >= 0.6 is 7.26 Å². The Kier molecular flexibility index (Phi) is 10.1. The Labute approximate surface area is 198 Å². The van der Waals surface area contributed by atoms with Gasteiger partial charge in [-0.25, -0.2) is 0 Å². The Hall–Kier alpha value is -2.52. The third kappa shape index (κ3) is 7.23. The molecule has 0 bridgehead atoms. The number of aromatic nitrogens is 3. The SMILES string of the molecule is Cn1cc([PH](CCCCCCCCCCCC(=O)O)(c2ccccc2)c2ccccc2)nn1. The van der Waals surface area contributed by atoms with Crippen molar-refractivity contribution < 1.29 is 9.90 Å². The van der Waals surface area contributed by atoms with Gasteiger partial charge in [-0.3, -0.25) is 4.79 Å². The summed E-state index contributed by atoms with van der Waals surface area (Å²) in [6, 6.07) is 21.9. The van der Waals surface area contributed by atoms with Crippen molar-refractivity contribution >= 4 is 29.3 Å². The van der Waals surface area contributed by atoms with Crippen molar-refractivity contribution in [1.82, 2.24) is 15.0 Å². The number of hydrogen-bond donors (Lipinski definition) is 1. The van der Waals surface area contributed by atoms with Crippen molar-refractivity contribution in [2.75, 3.05) is 6.16 Å². The molecule has 33 heavy (non-hydrogen) atoms. The van der Waals surface area contributed by atoms with Gasteiger partial charge in [-0.1, -0.05) is 0 Å². The average molecular weight is 468 g/mol. The number of nitrogens with zero attached hydrogens (tertiary/aromatic N) is 3. The Morgan fingerprint density at radius 1 is 0.788 bits per heavy atom. The van der Waals surface area contributed by atoms with Gasteiger partial charge >= 0.3 is 189 Å². The fourth-order valence-electron chi connectivity index (χ4n) is 4.77. The molecule has 0 fully saturated rings. The van der Waals surface area contributed by atoms with Crippen LogP contribution in [0.25, 0.3) is 0 Å². The van der Waals surface area contributed by atoms with Gasteiger partial charge in [-0.15, -0.1) is 0 Å². The molecule has 1 N–H and O–H groups in total. The Bertz CT molecular complexity index is 920. The minimum atomic E-state index is -2.25. The summed E-state index contributed by atoms with van der Waals surface area (Å²) in [5.41, 5.74) is 1.14. The van der Waals surface area contributed by atoms with Crippen molar-refractivity contribution in [1.29, 1.82) is 0 Å². The number of unbranched alkanes of at least 4 members (excludes halogenated alkanes) is 8. The van der Waals surface area contributed by atoms with E-state index in [1.807, 2.05) is 11.7 Å². The third-order valence-corrected chi connectivity index (χ3v) is 11.4. The fraction of sp³-hybridized carbons (Fsp3) is 0.444. The summed E-state index contributed by atoms with van der Waals surface area (Å²) in [5.74, 6) is -0.679. The maximum atomic E-state index is 10.6. The van der Waals surface area contributed by atoms with E-state index in [4.69, 9.17) is 5.11 Å². The van der Waals surface area contributed by atoms with Gasteiger partial charge in [0.25, 0.3) is 0 Å². The molecule has 6 heteroatoms. The van der Waals surface area contributed by atoms with Crippen LogP contribution in [0.5, 0.6) is 0 Å². The van der Waals surface area contributed by atoms with Gasteiger partial charge < -0.3 is 5.11 Å². The van der Waals surface area contributed by atoms with Crippen LogP contribution in [0.15, 0.2) is 66.9 Å². The van der Waals surface area contributed by atoms with Crippen molar-refractivity contribution in [2.24, 2.45) is 7.05 Å². The Morgan fingerprint density at radius 2 is 1.27 bits per heavy atom. The normalized spacial score (nSPS) is 12.0. The number of carbonyl (C=O) groups is 1. The molecule has 0 amide bonds. The van der Waals surface area contributed by atoms with Gasteiger partial charge in [0.1, 0.15) is 0 Å². The molecule has 0 saturated heterocycles. The first-order valence-electron chi connectivity index (χ1n) is 12.3. The van der Waals surface area contributed by atoms with Gasteiger partial charge in [0.05, 0.1) is 0 Å². The summed E-state index contributed by atoms with van der Waals surface area (Å²) in [5, 5.41) is 20.5. The first-order chi connectivity index (χ1) is 16.1. The molecule has 3 aromatic rings. The zero-order valence-electron chi connectivity index (χ0n) is 19.8. The second kappa shape index (κ2) is 13.3. The monoisotopic (exact) mass is 467 g/mol. The second-order valence-electron chi connectivity index (χ2n) is 8.99. The molecule has 178 valence electrons. The van der Waals surface area contributed by atoms with E-state index in [1.165, 1.54) is 49.1 Å². The summed E-state index contributed by atoms with van der Waals surface area (Å²) in [6.45, 7) is 0. The first-order valence-corrected chi connectivity index (χ1v) is 14.5. The van der Waals surface area contributed by atoms with Crippen molar-refractivity contribution in [3.05, 3.63) is 66.9 Å². The van der Waals surface area contributed by atoms with Gasteiger partial charge in [0.15, 0.2) is 0 Å². The number of hydrogen-bond acceptors (Lipinski definition) is 3. The van der Waals surface area contributed by atoms with Crippen LogP contribution in [0.1, 0.15) is 64.2 Å². The van der Waals surface area contributed by atoms with E-state index in [0.717, 1.165) is 30.9 Å². The summed E-state index contributed by atoms with van der Waals surface area (Å²) in [7, 11) is -0.293. The molecule has 5 nitrogen and oxygen atoms in total. The van der Waals surface area contributed by atoms with Crippen molar-refractivity contribution in [2.45, 2.75) is 64.2 Å². The first kappa shape index (κ1) is 25.1. The van der Waals surface area contributed by atoms with E-state index in [-0.39, 0.29) is 0 Å². The molecule has 3 rings (SSSR count). The third-order valence-electron chi connectivity index (χ3n) is 6.52. The van der Waals surface area contributed by atoms with Crippen LogP contribution < -0.4 is 16.0 Å². The number of benzene rings is 2. The molecule has 0 spiro atoms. The topological polar surface area (TPSA) is 68.0 Å². The van der Waals surface area contributed by atoms with Crippen LogP contribution in [0.4, 0.5) is 0 Å². The molecule has 2 aromatic carbocycles. The van der Waals surface area contributed by atoms with Crippen molar-refractivity contribution in [3.63, 3.8) is 0 Å². The van der Waals surface area contributed by atoms with E-state index in [1.54, 1.807) is 0 Å². The molecule has 1 aromatic heterocycles. The molecule has 0 aliphatic rings. The zero-order chi connectivity index (χ0) is 23.4. The molecule has 0 saturated carbocycles. The van der Waals surface area contributed by atoms with Gasteiger partial charge in [-0.05, 0) is 0 Å². The molecule has 0 radical (unpaired) electrons. The standard InChI is InChI=1S/C27H38N3O2P/c1-30-23-26(28-29-30)33(24-17-11-9-12-18-24,25-19-13-10-14-20-25)22-16-8-6-4-2-3-5-7-15-21-27(31)32/h9-14,17-20,23,33H,2-8,15-16,21-22H2,1H3,(H,31,32). The molecular formula is C27H38N3O2P. The predicted molar refractivity (Wildman–Crippen MR) is 140 cm³/mol. The second-order valence-corrected chi connectivity index (χ2v) is 13.0. The fourth-order valence-corrected chi connectivity index (χ4v) is 9.46. The molecule has 0 aliphatic carbocycles. The minimum absolute atomic E-state index is 0.306. The molecule has 1 heterocycles. The summed E-state index contributed by atoms with van der Waals surface area (Å²) in [6.07, 6.45) is 13.9. The van der Waals surface area contributed by atoms with Crippen LogP contribution in [0, 0.1) is 0 Å². The van der Waals surface area contributed by atoms with Gasteiger partial charge in [0, 0.05) is 0 Å².